The van der Waals surface area contributed by atoms with Crippen LogP contribution >= 0.6 is 0 Å². The zero-order valence-electron chi connectivity index (χ0n) is 11.8. The van der Waals surface area contributed by atoms with Gasteiger partial charge < -0.3 is 9.47 Å². The molecule has 0 aliphatic heterocycles. The molecule has 4 nitrogen and oxygen atoms in total. The summed E-state index contributed by atoms with van der Waals surface area (Å²) < 4.78 is 10.6. The number of benzene rings is 1. The molecule has 0 amide bonds. The van der Waals surface area contributed by atoms with E-state index in [1.54, 1.807) is 13.2 Å². The van der Waals surface area contributed by atoms with Crippen LogP contribution in [0.5, 0.6) is 11.5 Å². The molecule has 0 aliphatic rings. The fourth-order valence-corrected chi connectivity index (χ4v) is 1.54. The van der Waals surface area contributed by atoms with Gasteiger partial charge in [0.1, 0.15) is 6.61 Å². The molecule has 0 fully saturated rings. The van der Waals surface area contributed by atoms with E-state index in [2.05, 4.69) is 11.6 Å². The second-order valence-corrected chi connectivity index (χ2v) is 4.29. The predicted molar refractivity (Wildman–Crippen MR) is 76.2 cm³/mol. The largest absolute Gasteiger partial charge is 0.493 e. The number of carbonyl (C=O) groups excluding carboxylic acids is 1. The van der Waals surface area contributed by atoms with Crippen LogP contribution in [0.25, 0.3) is 0 Å². The molecule has 102 valence electrons. The molecule has 0 aliphatic carbocycles. The van der Waals surface area contributed by atoms with Gasteiger partial charge in [-0.25, -0.2) is 0 Å². The summed E-state index contributed by atoms with van der Waals surface area (Å²) >= 11 is 0. The lowest BCUT2D eigenvalue weighted by atomic mass is 10.1. The van der Waals surface area contributed by atoms with Gasteiger partial charge in [-0.3, -0.25) is 9.79 Å². The minimum Gasteiger partial charge on any atom is -0.493 e. The minimum atomic E-state index is -0.0360. The van der Waals surface area contributed by atoms with Crippen molar-refractivity contribution in [2.24, 2.45) is 4.99 Å². The maximum absolute atomic E-state index is 10.9. The van der Waals surface area contributed by atoms with Crippen LogP contribution in [-0.2, 0) is 4.79 Å². The molecule has 0 atom stereocenters. The van der Waals surface area contributed by atoms with E-state index < -0.39 is 0 Å². The van der Waals surface area contributed by atoms with E-state index in [0.29, 0.717) is 11.5 Å². The highest BCUT2D eigenvalue weighted by molar-refractivity contribution is 5.99. The summed E-state index contributed by atoms with van der Waals surface area (Å²) in [6, 6.07) is 5.48. The zero-order valence-corrected chi connectivity index (χ0v) is 11.8. The lowest BCUT2D eigenvalue weighted by molar-refractivity contribution is -0.118. The molecule has 0 heterocycles. The molecule has 4 heteroatoms. The topological polar surface area (TPSA) is 47.9 Å². The number of hydrogen-bond donors (Lipinski definition) is 0. The Kier molecular flexibility index (Phi) is 5.30. The average Bonchev–Trinajstić information content (AvgIpc) is 2.35. The molecule has 0 spiro atoms. The van der Waals surface area contributed by atoms with Crippen molar-refractivity contribution in [2.45, 2.75) is 20.8 Å². The van der Waals surface area contributed by atoms with Crippen molar-refractivity contribution >= 4 is 11.5 Å². The molecule has 1 aromatic rings. The Bertz CT molecular complexity index is 518. The zero-order chi connectivity index (χ0) is 14.4. The number of hydrogen-bond acceptors (Lipinski definition) is 4. The van der Waals surface area contributed by atoms with Crippen molar-refractivity contribution < 1.29 is 14.3 Å². The van der Waals surface area contributed by atoms with Crippen LogP contribution in [0.4, 0.5) is 0 Å². The Morgan fingerprint density at radius 1 is 1.26 bits per heavy atom. The van der Waals surface area contributed by atoms with E-state index >= 15 is 0 Å². The first kappa shape index (κ1) is 15.0. The molecule has 19 heavy (non-hydrogen) atoms. The monoisotopic (exact) mass is 261 g/mol. The number of rotatable bonds is 6. The predicted octanol–water partition coefficient (Wildman–Crippen LogP) is 3.01. The Hall–Kier alpha value is -2.10. The molecule has 0 unspecified atom stereocenters. The molecule has 0 bridgehead atoms. The smallest absolute Gasteiger partial charge is 0.167 e. The average molecular weight is 261 g/mol. The summed E-state index contributed by atoms with van der Waals surface area (Å²) in [5.74, 6) is 1.09. The fourth-order valence-electron chi connectivity index (χ4n) is 1.54. The number of nitrogens with zero attached hydrogens (tertiary/aromatic N) is 1. The Balaban J connectivity index is 3.01. The summed E-state index contributed by atoms with van der Waals surface area (Å²) in [5, 5.41) is 0. The fraction of sp³-hybridized carbons (Fsp3) is 0.333. The van der Waals surface area contributed by atoms with Gasteiger partial charge in [0.05, 0.1) is 7.11 Å². The number of carbonyl (C=O) groups is 1. The van der Waals surface area contributed by atoms with Gasteiger partial charge in [-0.05, 0) is 44.5 Å². The van der Waals surface area contributed by atoms with Gasteiger partial charge in [-0.2, -0.15) is 0 Å². The standard InChI is InChI=1S/C15H19NO3/c1-10(2)16-12(4)13-6-7-14(15(8-13)18-5)19-9-11(3)17/h6-8H,1,9H2,2-5H3. The van der Waals surface area contributed by atoms with Crippen LogP contribution in [0.2, 0.25) is 0 Å². The highest BCUT2D eigenvalue weighted by Crippen LogP contribution is 2.28. The second-order valence-electron chi connectivity index (χ2n) is 4.29. The maximum atomic E-state index is 10.9. The number of ether oxygens (including phenoxy) is 2. The van der Waals surface area contributed by atoms with Crippen molar-refractivity contribution in [2.75, 3.05) is 13.7 Å². The van der Waals surface area contributed by atoms with Gasteiger partial charge in [-0.1, -0.05) is 6.58 Å². The third-order valence-electron chi connectivity index (χ3n) is 2.37. The highest BCUT2D eigenvalue weighted by Gasteiger charge is 2.08. The van der Waals surface area contributed by atoms with Crippen LogP contribution in [0.15, 0.2) is 35.5 Å². The number of aliphatic imine (C=N–C) groups is 1. The Morgan fingerprint density at radius 2 is 1.95 bits per heavy atom. The molecular weight excluding hydrogens is 242 g/mol. The van der Waals surface area contributed by atoms with Crippen LogP contribution in [-0.4, -0.2) is 25.2 Å². The van der Waals surface area contributed by atoms with Crippen LogP contribution < -0.4 is 9.47 Å². The van der Waals surface area contributed by atoms with Crippen molar-refractivity contribution in [1.29, 1.82) is 0 Å². The van der Waals surface area contributed by atoms with Crippen molar-refractivity contribution in [3.63, 3.8) is 0 Å². The summed E-state index contributed by atoms with van der Waals surface area (Å²) in [4.78, 5) is 15.2. The number of Topliss-reactive ketones (excluding diaryl/α,β-unsaturated/α-hetero) is 1. The molecule has 0 aromatic heterocycles. The molecular formula is C15H19NO3. The van der Waals surface area contributed by atoms with Gasteiger partial charge in [0.15, 0.2) is 17.3 Å². The normalized spacial score (nSPS) is 11.1. The van der Waals surface area contributed by atoms with Gasteiger partial charge in [-0.15, -0.1) is 0 Å². The lowest BCUT2D eigenvalue weighted by Crippen LogP contribution is -2.07. The van der Waals surface area contributed by atoms with Gasteiger partial charge in [0.2, 0.25) is 0 Å². The third-order valence-corrected chi connectivity index (χ3v) is 2.37. The van der Waals surface area contributed by atoms with Crippen molar-refractivity contribution in [1.82, 2.24) is 0 Å². The molecule has 1 aromatic carbocycles. The van der Waals surface area contributed by atoms with E-state index in [-0.39, 0.29) is 12.4 Å². The van der Waals surface area contributed by atoms with Crippen molar-refractivity contribution in [3.8, 4) is 11.5 Å². The first-order valence-electron chi connectivity index (χ1n) is 5.95. The number of methoxy groups -OCH3 is 1. The Morgan fingerprint density at radius 3 is 2.47 bits per heavy atom. The summed E-state index contributed by atoms with van der Waals surface area (Å²) in [5.41, 5.74) is 2.52. The molecule has 0 saturated carbocycles. The summed E-state index contributed by atoms with van der Waals surface area (Å²) in [6.07, 6.45) is 0. The molecule has 1 rings (SSSR count). The van der Waals surface area contributed by atoms with Crippen LogP contribution in [0.3, 0.4) is 0 Å². The molecule has 0 saturated heterocycles. The van der Waals surface area contributed by atoms with E-state index in [1.165, 1.54) is 6.92 Å². The lowest BCUT2D eigenvalue weighted by Gasteiger charge is -2.11. The first-order valence-corrected chi connectivity index (χ1v) is 5.95. The summed E-state index contributed by atoms with van der Waals surface area (Å²) in [7, 11) is 1.56. The number of ketones is 1. The maximum Gasteiger partial charge on any atom is 0.167 e. The van der Waals surface area contributed by atoms with Crippen molar-refractivity contribution in [3.05, 3.63) is 36.0 Å². The van der Waals surface area contributed by atoms with Crippen LogP contribution in [0.1, 0.15) is 26.3 Å². The van der Waals surface area contributed by atoms with Crippen LogP contribution in [0, 0.1) is 0 Å². The minimum absolute atomic E-state index is 0.0360. The Labute approximate surface area is 113 Å². The number of allylic oxidation sites excluding steroid dienone is 1. The molecule has 0 N–H and O–H groups in total. The SMILES string of the molecule is C=C(C)N=C(C)c1ccc(OCC(C)=O)c(OC)c1. The van der Waals surface area contributed by atoms with E-state index in [0.717, 1.165) is 17.0 Å². The highest BCUT2D eigenvalue weighted by atomic mass is 16.5. The summed E-state index contributed by atoms with van der Waals surface area (Å²) in [6.45, 7) is 9.00. The van der Waals surface area contributed by atoms with E-state index in [9.17, 15) is 4.79 Å². The van der Waals surface area contributed by atoms with E-state index in [4.69, 9.17) is 9.47 Å². The van der Waals surface area contributed by atoms with Gasteiger partial charge >= 0.3 is 0 Å². The first-order chi connectivity index (χ1) is 8.93. The van der Waals surface area contributed by atoms with E-state index in [1.807, 2.05) is 26.0 Å². The van der Waals surface area contributed by atoms with Gasteiger partial charge in [0, 0.05) is 11.4 Å². The van der Waals surface area contributed by atoms with Gasteiger partial charge in [0.25, 0.3) is 0 Å². The second kappa shape index (κ2) is 6.73. The third kappa shape index (κ3) is 4.58. The molecule has 0 radical (unpaired) electrons. The quantitative estimate of drug-likeness (QED) is 0.739.